The van der Waals surface area contributed by atoms with Crippen molar-refractivity contribution in [3.05, 3.63) is 24.0 Å². The van der Waals surface area contributed by atoms with Crippen molar-refractivity contribution >= 4 is 5.69 Å². The van der Waals surface area contributed by atoms with E-state index < -0.39 is 0 Å². The Hall–Kier alpha value is -1.56. The maximum Gasteiger partial charge on any atom is 0.142 e. The lowest BCUT2D eigenvalue weighted by Crippen LogP contribution is -2.18. The molecule has 1 aromatic rings. The van der Waals surface area contributed by atoms with Crippen molar-refractivity contribution in [2.45, 2.75) is 26.2 Å². The summed E-state index contributed by atoms with van der Waals surface area (Å²) in [5, 5.41) is 8.73. The number of hydrogen-bond donors (Lipinski definition) is 0. The summed E-state index contributed by atoms with van der Waals surface area (Å²) in [6, 6.07) is 5.81. The molecule has 0 saturated heterocycles. The Kier molecular flexibility index (Phi) is 4.62. The van der Waals surface area contributed by atoms with E-state index in [4.69, 9.17) is 5.26 Å². The van der Waals surface area contributed by atoms with Crippen molar-refractivity contribution in [3.8, 4) is 6.07 Å². The largest absolute Gasteiger partial charge is 0.374 e. The zero-order valence-electron chi connectivity index (χ0n) is 9.40. The molecule has 1 rings (SSSR count). The van der Waals surface area contributed by atoms with Crippen LogP contribution in [-0.4, -0.2) is 18.6 Å². The normalized spacial score (nSPS) is 9.67. The second-order valence-electron chi connectivity index (χ2n) is 3.64. The van der Waals surface area contributed by atoms with Crippen molar-refractivity contribution in [3.63, 3.8) is 0 Å². The molecule has 0 amide bonds. The van der Waals surface area contributed by atoms with Gasteiger partial charge in [-0.25, -0.2) is 4.98 Å². The van der Waals surface area contributed by atoms with Gasteiger partial charge in [-0.3, -0.25) is 0 Å². The van der Waals surface area contributed by atoms with Gasteiger partial charge in [0.15, 0.2) is 0 Å². The lowest BCUT2D eigenvalue weighted by Gasteiger charge is -2.18. The fourth-order valence-electron chi connectivity index (χ4n) is 1.45. The molecule has 1 heterocycles. The van der Waals surface area contributed by atoms with Gasteiger partial charge in [0.05, 0.1) is 0 Å². The number of anilines is 1. The Morgan fingerprint density at radius 2 is 2.27 bits per heavy atom. The molecule has 15 heavy (non-hydrogen) atoms. The number of aromatic nitrogens is 1. The molecule has 80 valence electrons. The Balaban J connectivity index is 2.57. The van der Waals surface area contributed by atoms with Crippen LogP contribution in [-0.2, 0) is 0 Å². The third kappa shape index (κ3) is 3.59. The Morgan fingerprint density at radius 1 is 1.47 bits per heavy atom. The molecule has 0 N–H and O–H groups in total. The van der Waals surface area contributed by atoms with Gasteiger partial charge in [0, 0.05) is 25.5 Å². The first-order valence-electron chi connectivity index (χ1n) is 5.35. The fourth-order valence-corrected chi connectivity index (χ4v) is 1.45. The second-order valence-corrected chi connectivity index (χ2v) is 3.64. The molecule has 0 bridgehead atoms. The quantitative estimate of drug-likeness (QED) is 0.690. The minimum atomic E-state index is 0.481. The molecular weight excluding hydrogens is 186 g/mol. The van der Waals surface area contributed by atoms with Crippen LogP contribution in [0.5, 0.6) is 0 Å². The van der Waals surface area contributed by atoms with Gasteiger partial charge in [-0.2, -0.15) is 5.26 Å². The first-order chi connectivity index (χ1) is 7.27. The molecule has 0 aliphatic rings. The molecule has 0 aromatic carbocycles. The van der Waals surface area contributed by atoms with E-state index in [2.05, 4.69) is 22.9 Å². The Labute approximate surface area is 91.4 Å². The van der Waals surface area contributed by atoms with Crippen molar-refractivity contribution in [2.24, 2.45) is 0 Å². The molecule has 1 aromatic heterocycles. The lowest BCUT2D eigenvalue weighted by molar-refractivity contribution is 0.705. The van der Waals surface area contributed by atoms with Crippen LogP contribution in [0.15, 0.2) is 18.3 Å². The molecule has 0 aliphatic carbocycles. The van der Waals surface area contributed by atoms with Crippen LogP contribution in [0.4, 0.5) is 5.69 Å². The van der Waals surface area contributed by atoms with Gasteiger partial charge in [0.25, 0.3) is 0 Å². The number of unbranched alkanes of at least 4 members (excludes halogenated alkanes) is 2. The van der Waals surface area contributed by atoms with Crippen LogP contribution in [0, 0.1) is 11.3 Å². The van der Waals surface area contributed by atoms with Gasteiger partial charge < -0.3 is 4.90 Å². The molecule has 3 nitrogen and oxygen atoms in total. The predicted octanol–water partition coefficient (Wildman–Crippen LogP) is 2.58. The molecule has 0 radical (unpaired) electrons. The third-order valence-electron chi connectivity index (χ3n) is 2.40. The van der Waals surface area contributed by atoms with E-state index in [9.17, 15) is 0 Å². The number of rotatable bonds is 5. The molecule has 0 atom stereocenters. The summed E-state index contributed by atoms with van der Waals surface area (Å²) in [4.78, 5) is 6.11. The van der Waals surface area contributed by atoms with Crippen molar-refractivity contribution in [1.29, 1.82) is 5.26 Å². The smallest absolute Gasteiger partial charge is 0.142 e. The van der Waals surface area contributed by atoms with Crippen LogP contribution in [0.1, 0.15) is 31.9 Å². The van der Waals surface area contributed by atoms with E-state index >= 15 is 0 Å². The van der Waals surface area contributed by atoms with Crippen LogP contribution in [0.3, 0.4) is 0 Å². The van der Waals surface area contributed by atoms with E-state index in [1.807, 2.05) is 19.2 Å². The average Bonchev–Trinajstić information content (AvgIpc) is 2.29. The second kappa shape index (κ2) is 6.02. The minimum Gasteiger partial charge on any atom is -0.374 e. The van der Waals surface area contributed by atoms with Crippen LogP contribution < -0.4 is 4.90 Å². The van der Waals surface area contributed by atoms with E-state index in [1.165, 1.54) is 19.3 Å². The van der Waals surface area contributed by atoms with Crippen molar-refractivity contribution in [1.82, 2.24) is 4.98 Å². The summed E-state index contributed by atoms with van der Waals surface area (Å²) in [5.41, 5.74) is 1.55. The highest BCUT2D eigenvalue weighted by molar-refractivity contribution is 5.47. The molecule has 0 fully saturated rings. The highest BCUT2D eigenvalue weighted by Gasteiger charge is 2.01. The highest BCUT2D eigenvalue weighted by Crippen LogP contribution is 2.13. The van der Waals surface area contributed by atoms with Gasteiger partial charge in [-0.15, -0.1) is 0 Å². The van der Waals surface area contributed by atoms with Crippen LogP contribution in [0.25, 0.3) is 0 Å². The minimum absolute atomic E-state index is 0.481. The summed E-state index contributed by atoms with van der Waals surface area (Å²) in [6.45, 7) is 3.23. The topological polar surface area (TPSA) is 39.9 Å². The number of nitrogens with zero attached hydrogens (tertiary/aromatic N) is 3. The standard InChI is InChI=1S/C12H17N3/c1-3-4-5-8-15(2)12-6-7-14-11(9-12)10-13/h6-7,9H,3-5,8H2,1-2H3. The molecular formula is C12H17N3. The van der Waals surface area contributed by atoms with Gasteiger partial charge in [0.2, 0.25) is 0 Å². The monoisotopic (exact) mass is 203 g/mol. The summed E-state index contributed by atoms with van der Waals surface area (Å²) >= 11 is 0. The average molecular weight is 203 g/mol. The number of pyridine rings is 1. The maximum absolute atomic E-state index is 8.73. The summed E-state index contributed by atoms with van der Waals surface area (Å²) in [6.07, 6.45) is 5.36. The Morgan fingerprint density at radius 3 is 2.93 bits per heavy atom. The number of nitriles is 1. The lowest BCUT2D eigenvalue weighted by atomic mass is 10.2. The maximum atomic E-state index is 8.73. The zero-order chi connectivity index (χ0) is 11.1. The predicted molar refractivity (Wildman–Crippen MR) is 61.7 cm³/mol. The summed E-state index contributed by atoms with van der Waals surface area (Å²) in [7, 11) is 2.05. The molecule has 0 saturated carbocycles. The molecule has 3 heteroatoms. The van der Waals surface area contributed by atoms with Gasteiger partial charge >= 0.3 is 0 Å². The summed E-state index contributed by atoms with van der Waals surface area (Å²) < 4.78 is 0. The molecule has 0 aliphatic heterocycles. The van der Waals surface area contributed by atoms with E-state index in [0.29, 0.717) is 5.69 Å². The third-order valence-corrected chi connectivity index (χ3v) is 2.40. The SMILES string of the molecule is CCCCCN(C)c1ccnc(C#N)c1. The summed E-state index contributed by atoms with van der Waals surface area (Å²) in [5.74, 6) is 0. The van der Waals surface area contributed by atoms with E-state index in [-0.39, 0.29) is 0 Å². The Bertz CT molecular complexity index is 341. The van der Waals surface area contributed by atoms with E-state index in [0.717, 1.165) is 12.2 Å². The van der Waals surface area contributed by atoms with Gasteiger partial charge in [-0.05, 0) is 18.6 Å². The fraction of sp³-hybridized carbons (Fsp3) is 0.500. The van der Waals surface area contributed by atoms with Crippen molar-refractivity contribution in [2.75, 3.05) is 18.5 Å². The number of hydrogen-bond acceptors (Lipinski definition) is 3. The van der Waals surface area contributed by atoms with E-state index in [1.54, 1.807) is 6.20 Å². The van der Waals surface area contributed by atoms with Gasteiger partial charge in [0.1, 0.15) is 11.8 Å². The highest BCUT2D eigenvalue weighted by atomic mass is 15.1. The van der Waals surface area contributed by atoms with Crippen LogP contribution >= 0.6 is 0 Å². The van der Waals surface area contributed by atoms with Crippen LogP contribution in [0.2, 0.25) is 0 Å². The first-order valence-corrected chi connectivity index (χ1v) is 5.35. The first kappa shape index (κ1) is 11.5. The molecule has 0 spiro atoms. The van der Waals surface area contributed by atoms with Crippen molar-refractivity contribution < 1.29 is 0 Å². The molecule has 0 unspecified atom stereocenters. The van der Waals surface area contributed by atoms with Gasteiger partial charge in [-0.1, -0.05) is 19.8 Å². The zero-order valence-corrected chi connectivity index (χ0v) is 9.40.